The van der Waals surface area contributed by atoms with Crippen LogP contribution in [0.2, 0.25) is 0 Å². The van der Waals surface area contributed by atoms with Crippen LogP contribution in [0.3, 0.4) is 0 Å². The molecule has 1 heterocycles. The van der Waals surface area contributed by atoms with Gasteiger partial charge in [0.25, 0.3) is 0 Å². The fraction of sp³-hybridized carbons (Fsp3) is 0.625. The first kappa shape index (κ1) is 15.3. The Hall–Kier alpha value is -1.13. The molecular weight excluding hydrogens is 257 g/mol. The lowest BCUT2D eigenvalue weighted by atomic mass is 10.0. The molecule has 0 bridgehead atoms. The predicted octanol–water partition coefficient (Wildman–Crippen LogP) is 3.14. The Morgan fingerprint density at radius 2 is 2.15 bits per heavy atom. The fourth-order valence-electron chi connectivity index (χ4n) is 2.41. The molecule has 20 heavy (non-hydrogen) atoms. The van der Waals surface area contributed by atoms with Crippen molar-refractivity contribution in [1.82, 2.24) is 5.32 Å². The first-order valence-electron chi connectivity index (χ1n) is 7.54. The number of hydrogen-bond acceptors (Lipinski definition) is 3. The van der Waals surface area contributed by atoms with Crippen molar-refractivity contribution >= 4 is 0 Å². The summed E-state index contributed by atoms with van der Waals surface area (Å²) in [5.74, 6) is 0.315. The van der Waals surface area contributed by atoms with E-state index >= 15 is 0 Å². The first-order chi connectivity index (χ1) is 9.84. The lowest BCUT2D eigenvalue weighted by Crippen LogP contribution is -2.34. The van der Waals surface area contributed by atoms with E-state index in [2.05, 4.69) is 5.32 Å². The Balaban J connectivity index is 1.45. The molecule has 1 aromatic carbocycles. The van der Waals surface area contributed by atoms with Gasteiger partial charge in [-0.15, -0.1) is 0 Å². The lowest BCUT2D eigenvalue weighted by molar-refractivity contribution is 0.108. The standard InChI is InChI=1S/C16H24FNO2/c17-14-5-3-7-16(13-14)20-11-4-10-19-12-8-15-6-1-2-9-18-15/h3,5,7,13,15,18H,1-2,4,6,8-12H2. The van der Waals surface area contributed by atoms with Crippen LogP contribution in [0.15, 0.2) is 24.3 Å². The molecule has 1 aliphatic heterocycles. The minimum absolute atomic E-state index is 0.265. The predicted molar refractivity (Wildman–Crippen MR) is 77.6 cm³/mol. The molecule has 3 nitrogen and oxygen atoms in total. The van der Waals surface area contributed by atoms with E-state index in [1.807, 2.05) is 0 Å². The third-order valence-corrected chi connectivity index (χ3v) is 3.52. The molecular formula is C16H24FNO2. The normalized spacial score (nSPS) is 18.9. The van der Waals surface area contributed by atoms with Gasteiger partial charge in [-0.2, -0.15) is 0 Å². The third-order valence-electron chi connectivity index (χ3n) is 3.52. The second-order valence-electron chi connectivity index (χ2n) is 5.21. The summed E-state index contributed by atoms with van der Waals surface area (Å²) in [6.45, 7) is 3.21. The van der Waals surface area contributed by atoms with E-state index in [9.17, 15) is 4.39 Å². The Morgan fingerprint density at radius 3 is 2.95 bits per heavy atom. The summed E-state index contributed by atoms with van der Waals surface area (Å²) in [5.41, 5.74) is 0. The van der Waals surface area contributed by atoms with Crippen LogP contribution < -0.4 is 10.1 Å². The quantitative estimate of drug-likeness (QED) is 0.743. The zero-order valence-electron chi connectivity index (χ0n) is 11.9. The second kappa shape index (κ2) is 8.93. The number of piperidine rings is 1. The maximum Gasteiger partial charge on any atom is 0.126 e. The Kier molecular flexibility index (Phi) is 6.81. The number of hydrogen-bond donors (Lipinski definition) is 1. The average molecular weight is 281 g/mol. The Bertz CT molecular complexity index is 380. The summed E-state index contributed by atoms with van der Waals surface area (Å²) in [5, 5.41) is 3.51. The maximum absolute atomic E-state index is 12.9. The van der Waals surface area contributed by atoms with Gasteiger partial charge in [-0.1, -0.05) is 12.5 Å². The summed E-state index contributed by atoms with van der Waals surface area (Å²) in [7, 11) is 0. The summed E-state index contributed by atoms with van der Waals surface area (Å²) in [6, 6.07) is 6.86. The van der Waals surface area contributed by atoms with Gasteiger partial charge < -0.3 is 14.8 Å². The monoisotopic (exact) mass is 281 g/mol. The van der Waals surface area contributed by atoms with Crippen molar-refractivity contribution in [2.24, 2.45) is 0 Å². The Morgan fingerprint density at radius 1 is 1.20 bits per heavy atom. The molecule has 2 rings (SSSR count). The molecule has 1 fully saturated rings. The van der Waals surface area contributed by atoms with E-state index in [-0.39, 0.29) is 5.82 Å². The van der Waals surface area contributed by atoms with Crippen LogP contribution in [0.25, 0.3) is 0 Å². The molecule has 0 radical (unpaired) electrons. The van der Waals surface area contributed by atoms with Gasteiger partial charge in [0.1, 0.15) is 11.6 Å². The largest absolute Gasteiger partial charge is 0.493 e. The molecule has 1 saturated heterocycles. The molecule has 1 unspecified atom stereocenters. The summed E-state index contributed by atoms with van der Waals surface area (Å²) >= 11 is 0. The van der Waals surface area contributed by atoms with Crippen LogP contribution in [0.4, 0.5) is 4.39 Å². The van der Waals surface area contributed by atoms with Gasteiger partial charge in [-0.25, -0.2) is 4.39 Å². The summed E-state index contributed by atoms with van der Waals surface area (Å²) in [4.78, 5) is 0. The van der Waals surface area contributed by atoms with Crippen molar-refractivity contribution in [1.29, 1.82) is 0 Å². The van der Waals surface area contributed by atoms with Gasteiger partial charge in [0.2, 0.25) is 0 Å². The highest BCUT2D eigenvalue weighted by Gasteiger charge is 2.11. The SMILES string of the molecule is Fc1cccc(OCCCOCCC2CCCCN2)c1. The van der Waals surface area contributed by atoms with Crippen LogP contribution in [0.1, 0.15) is 32.1 Å². The molecule has 0 amide bonds. The molecule has 1 aromatic rings. The molecule has 0 spiro atoms. The van der Waals surface area contributed by atoms with Gasteiger partial charge in [0.05, 0.1) is 6.61 Å². The highest BCUT2D eigenvalue weighted by atomic mass is 19.1. The molecule has 1 N–H and O–H groups in total. The third kappa shape index (κ3) is 5.88. The number of benzene rings is 1. The van der Waals surface area contributed by atoms with Crippen LogP contribution in [0, 0.1) is 5.82 Å². The van der Waals surface area contributed by atoms with E-state index in [1.54, 1.807) is 12.1 Å². The maximum atomic E-state index is 12.9. The molecule has 0 aliphatic carbocycles. The minimum Gasteiger partial charge on any atom is -0.493 e. The summed E-state index contributed by atoms with van der Waals surface area (Å²) in [6.07, 6.45) is 5.82. The van der Waals surface area contributed by atoms with Gasteiger partial charge in [-0.3, -0.25) is 0 Å². The molecule has 0 saturated carbocycles. The Labute approximate surface area is 120 Å². The van der Waals surface area contributed by atoms with Gasteiger partial charge in [0.15, 0.2) is 0 Å². The molecule has 1 aliphatic rings. The minimum atomic E-state index is -0.265. The highest BCUT2D eigenvalue weighted by Crippen LogP contribution is 2.12. The van der Waals surface area contributed by atoms with Crippen LogP contribution >= 0.6 is 0 Å². The smallest absolute Gasteiger partial charge is 0.126 e. The van der Waals surface area contributed by atoms with E-state index in [0.717, 1.165) is 26.0 Å². The van der Waals surface area contributed by atoms with Crippen molar-refractivity contribution in [2.45, 2.75) is 38.1 Å². The van der Waals surface area contributed by atoms with E-state index in [1.165, 1.54) is 31.4 Å². The van der Waals surface area contributed by atoms with Crippen molar-refractivity contribution in [3.63, 3.8) is 0 Å². The van der Waals surface area contributed by atoms with Crippen molar-refractivity contribution in [3.05, 3.63) is 30.1 Å². The number of halogens is 1. The molecule has 1 atom stereocenters. The first-order valence-corrected chi connectivity index (χ1v) is 7.54. The molecule has 4 heteroatoms. The van der Waals surface area contributed by atoms with Crippen molar-refractivity contribution < 1.29 is 13.9 Å². The zero-order chi connectivity index (χ0) is 14.0. The topological polar surface area (TPSA) is 30.5 Å². The van der Waals surface area contributed by atoms with E-state index < -0.39 is 0 Å². The zero-order valence-corrected chi connectivity index (χ0v) is 11.9. The molecule has 0 aromatic heterocycles. The van der Waals surface area contributed by atoms with Crippen LogP contribution in [0.5, 0.6) is 5.75 Å². The fourth-order valence-corrected chi connectivity index (χ4v) is 2.41. The van der Waals surface area contributed by atoms with Gasteiger partial charge in [0, 0.05) is 31.7 Å². The van der Waals surface area contributed by atoms with Gasteiger partial charge in [-0.05, 0) is 37.9 Å². The lowest BCUT2D eigenvalue weighted by Gasteiger charge is -2.23. The van der Waals surface area contributed by atoms with Crippen molar-refractivity contribution in [3.8, 4) is 5.75 Å². The second-order valence-corrected chi connectivity index (χ2v) is 5.21. The number of nitrogens with one attached hydrogen (secondary N) is 1. The molecule has 112 valence electrons. The summed E-state index contributed by atoms with van der Waals surface area (Å²) < 4.78 is 24.0. The number of ether oxygens (including phenoxy) is 2. The average Bonchev–Trinajstić information content (AvgIpc) is 2.47. The van der Waals surface area contributed by atoms with Crippen LogP contribution in [-0.4, -0.2) is 32.4 Å². The van der Waals surface area contributed by atoms with E-state index in [4.69, 9.17) is 9.47 Å². The number of rotatable bonds is 8. The van der Waals surface area contributed by atoms with E-state index in [0.29, 0.717) is 25.0 Å². The van der Waals surface area contributed by atoms with Crippen molar-refractivity contribution in [2.75, 3.05) is 26.4 Å². The van der Waals surface area contributed by atoms with Gasteiger partial charge >= 0.3 is 0 Å². The highest BCUT2D eigenvalue weighted by molar-refractivity contribution is 5.22. The van der Waals surface area contributed by atoms with Crippen LogP contribution in [-0.2, 0) is 4.74 Å².